The smallest absolute Gasteiger partial charge is 0.0816 e. The van der Waals surface area contributed by atoms with Gasteiger partial charge in [0.05, 0.1) is 10.7 Å². The molecule has 4 rings (SSSR count). The van der Waals surface area contributed by atoms with Gasteiger partial charge in [0.15, 0.2) is 0 Å². The fourth-order valence-electron chi connectivity index (χ4n) is 3.01. The average molecular weight is 383 g/mol. The van der Waals surface area contributed by atoms with Gasteiger partial charge in [0.2, 0.25) is 0 Å². The molecule has 0 fully saturated rings. The number of para-hydroxylation sites is 3. The number of hydrogen-bond donors (Lipinski definition) is 0. The molecule has 0 saturated carbocycles. The van der Waals surface area contributed by atoms with Gasteiger partial charge in [-0.05, 0) is 54.1 Å². The van der Waals surface area contributed by atoms with Gasteiger partial charge in [0, 0.05) is 23.3 Å². The highest BCUT2D eigenvalue weighted by molar-refractivity contribution is 6.33. The second kappa shape index (κ2) is 8.55. The van der Waals surface area contributed by atoms with Crippen molar-refractivity contribution in [3.05, 3.63) is 120 Å². The van der Waals surface area contributed by atoms with Crippen LogP contribution in [-0.2, 0) is 0 Å². The Kier molecular flexibility index (Phi) is 5.51. The van der Waals surface area contributed by atoms with Gasteiger partial charge >= 0.3 is 0 Å². The minimum Gasteiger partial charge on any atom is -0.311 e. The molecule has 4 aromatic rings. The van der Waals surface area contributed by atoms with Crippen molar-refractivity contribution in [1.82, 2.24) is 0 Å². The number of aliphatic imine (C=N–C) groups is 1. The first-order chi connectivity index (χ1) is 13.8. The molecule has 0 radical (unpaired) electrons. The van der Waals surface area contributed by atoms with Crippen molar-refractivity contribution in [2.75, 3.05) is 4.90 Å². The number of rotatable bonds is 5. The zero-order valence-electron chi connectivity index (χ0n) is 15.2. The third-order valence-corrected chi connectivity index (χ3v) is 4.70. The molecule has 4 aromatic carbocycles. The van der Waals surface area contributed by atoms with Gasteiger partial charge in [-0.15, -0.1) is 0 Å². The van der Waals surface area contributed by atoms with E-state index in [2.05, 4.69) is 82.7 Å². The van der Waals surface area contributed by atoms with Gasteiger partial charge in [0.1, 0.15) is 0 Å². The zero-order valence-corrected chi connectivity index (χ0v) is 16.0. The Morgan fingerprint density at radius 1 is 0.571 bits per heavy atom. The van der Waals surface area contributed by atoms with Crippen LogP contribution in [0.15, 0.2) is 114 Å². The lowest BCUT2D eigenvalue weighted by Crippen LogP contribution is -2.09. The van der Waals surface area contributed by atoms with E-state index in [9.17, 15) is 0 Å². The SMILES string of the molecule is Clc1ccccc1N=Cc1ccc(N(c2ccccc2)c2ccccc2)cc1. The Bertz CT molecular complexity index is 1020. The van der Waals surface area contributed by atoms with Crippen molar-refractivity contribution in [1.29, 1.82) is 0 Å². The van der Waals surface area contributed by atoms with Crippen molar-refractivity contribution in [2.45, 2.75) is 0 Å². The number of benzene rings is 4. The quantitative estimate of drug-likeness (QED) is 0.325. The van der Waals surface area contributed by atoms with Gasteiger partial charge in [-0.3, -0.25) is 4.99 Å². The minimum atomic E-state index is 0.648. The van der Waals surface area contributed by atoms with E-state index >= 15 is 0 Å². The van der Waals surface area contributed by atoms with Crippen molar-refractivity contribution < 1.29 is 0 Å². The van der Waals surface area contributed by atoms with Crippen LogP contribution in [0, 0.1) is 0 Å². The largest absolute Gasteiger partial charge is 0.311 e. The first-order valence-electron chi connectivity index (χ1n) is 9.10. The minimum absolute atomic E-state index is 0.648. The van der Waals surface area contributed by atoms with Crippen LogP contribution < -0.4 is 4.90 Å². The van der Waals surface area contributed by atoms with E-state index in [1.54, 1.807) is 0 Å². The summed E-state index contributed by atoms with van der Waals surface area (Å²) in [4.78, 5) is 6.73. The summed E-state index contributed by atoms with van der Waals surface area (Å²) in [5.41, 5.74) is 5.11. The van der Waals surface area contributed by atoms with Crippen LogP contribution in [0.2, 0.25) is 5.02 Å². The number of nitrogens with zero attached hydrogens (tertiary/aromatic N) is 2. The predicted molar refractivity (Wildman–Crippen MR) is 120 cm³/mol. The van der Waals surface area contributed by atoms with Gasteiger partial charge in [-0.1, -0.05) is 72.3 Å². The first kappa shape index (κ1) is 18.0. The summed E-state index contributed by atoms with van der Waals surface area (Å²) in [6.45, 7) is 0. The summed E-state index contributed by atoms with van der Waals surface area (Å²) in [7, 11) is 0. The molecule has 0 N–H and O–H groups in total. The molecule has 3 heteroatoms. The van der Waals surface area contributed by atoms with Gasteiger partial charge in [0.25, 0.3) is 0 Å². The van der Waals surface area contributed by atoms with E-state index in [4.69, 9.17) is 11.6 Å². The molecule has 0 bridgehead atoms. The maximum atomic E-state index is 6.17. The third kappa shape index (κ3) is 4.13. The highest BCUT2D eigenvalue weighted by Gasteiger charge is 2.11. The molecule has 0 aliphatic rings. The summed E-state index contributed by atoms with van der Waals surface area (Å²) in [5.74, 6) is 0. The Labute approximate surface area is 170 Å². The van der Waals surface area contributed by atoms with E-state index < -0.39 is 0 Å². The van der Waals surface area contributed by atoms with E-state index in [-0.39, 0.29) is 0 Å². The molecule has 136 valence electrons. The number of hydrogen-bond acceptors (Lipinski definition) is 2. The Morgan fingerprint density at radius 3 is 1.64 bits per heavy atom. The maximum absolute atomic E-state index is 6.17. The summed E-state index contributed by atoms with van der Waals surface area (Å²) in [6.07, 6.45) is 1.83. The first-order valence-corrected chi connectivity index (χ1v) is 9.48. The Balaban J connectivity index is 1.64. The lowest BCUT2D eigenvalue weighted by atomic mass is 10.1. The van der Waals surface area contributed by atoms with Crippen LogP contribution in [0.25, 0.3) is 0 Å². The molecule has 28 heavy (non-hydrogen) atoms. The monoisotopic (exact) mass is 382 g/mol. The van der Waals surface area contributed by atoms with Crippen LogP contribution in [0.4, 0.5) is 22.7 Å². The van der Waals surface area contributed by atoms with Crippen LogP contribution in [0.1, 0.15) is 5.56 Å². The maximum Gasteiger partial charge on any atom is 0.0816 e. The zero-order chi connectivity index (χ0) is 19.2. The van der Waals surface area contributed by atoms with E-state index in [1.165, 1.54) is 0 Å². The molecule has 0 aliphatic carbocycles. The molecule has 0 spiro atoms. The fourth-order valence-corrected chi connectivity index (χ4v) is 3.20. The molecule has 0 aliphatic heterocycles. The summed E-state index contributed by atoms with van der Waals surface area (Å²) in [5, 5.41) is 0.648. The van der Waals surface area contributed by atoms with E-state index in [0.717, 1.165) is 28.3 Å². The number of halogens is 1. The second-order valence-electron chi connectivity index (χ2n) is 6.31. The molecule has 0 saturated heterocycles. The molecular formula is C25H19ClN2. The molecule has 0 amide bonds. The van der Waals surface area contributed by atoms with Crippen LogP contribution in [-0.4, -0.2) is 6.21 Å². The van der Waals surface area contributed by atoms with Gasteiger partial charge < -0.3 is 4.90 Å². The third-order valence-electron chi connectivity index (χ3n) is 4.39. The fraction of sp³-hybridized carbons (Fsp3) is 0. The highest BCUT2D eigenvalue weighted by Crippen LogP contribution is 2.34. The Hall–Kier alpha value is -3.36. The van der Waals surface area contributed by atoms with Gasteiger partial charge in [-0.2, -0.15) is 0 Å². The normalized spacial score (nSPS) is 10.9. The summed E-state index contributed by atoms with van der Waals surface area (Å²) >= 11 is 6.17. The van der Waals surface area contributed by atoms with Crippen LogP contribution in [0.5, 0.6) is 0 Å². The predicted octanol–water partition coefficient (Wildman–Crippen LogP) is 7.56. The second-order valence-corrected chi connectivity index (χ2v) is 6.71. The lowest BCUT2D eigenvalue weighted by molar-refractivity contribution is 1.28. The molecule has 0 unspecified atom stereocenters. The summed E-state index contributed by atoms with van der Waals surface area (Å²) in [6, 6.07) is 36.6. The van der Waals surface area contributed by atoms with E-state index in [0.29, 0.717) is 5.02 Å². The topological polar surface area (TPSA) is 15.6 Å². The highest BCUT2D eigenvalue weighted by atomic mass is 35.5. The van der Waals surface area contributed by atoms with Crippen LogP contribution >= 0.6 is 11.6 Å². The van der Waals surface area contributed by atoms with Crippen molar-refractivity contribution in [3.63, 3.8) is 0 Å². The standard InChI is InChI=1S/C25H19ClN2/c26-24-13-7-8-14-25(24)27-19-20-15-17-23(18-16-20)28(21-9-3-1-4-10-21)22-11-5-2-6-12-22/h1-19H. The molecular weight excluding hydrogens is 364 g/mol. The summed E-state index contributed by atoms with van der Waals surface area (Å²) < 4.78 is 0. The average Bonchev–Trinajstić information content (AvgIpc) is 2.76. The number of anilines is 3. The van der Waals surface area contributed by atoms with Crippen LogP contribution in [0.3, 0.4) is 0 Å². The Morgan fingerprint density at radius 2 is 1.07 bits per heavy atom. The van der Waals surface area contributed by atoms with Crippen molar-refractivity contribution in [3.8, 4) is 0 Å². The molecule has 0 heterocycles. The van der Waals surface area contributed by atoms with E-state index in [1.807, 2.05) is 42.6 Å². The van der Waals surface area contributed by atoms with Crippen molar-refractivity contribution in [2.24, 2.45) is 4.99 Å². The van der Waals surface area contributed by atoms with Gasteiger partial charge in [-0.25, -0.2) is 0 Å². The molecule has 0 aromatic heterocycles. The van der Waals surface area contributed by atoms with Crippen molar-refractivity contribution >= 4 is 40.6 Å². The molecule has 2 nitrogen and oxygen atoms in total. The molecule has 0 atom stereocenters. The lowest BCUT2D eigenvalue weighted by Gasteiger charge is -2.25.